The summed E-state index contributed by atoms with van der Waals surface area (Å²) in [6.45, 7) is 0.702. The van der Waals surface area contributed by atoms with Gasteiger partial charge in [0.25, 0.3) is 0 Å². The molecule has 1 aromatic carbocycles. The molecule has 1 aliphatic rings. The molecule has 4 aromatic heterocycles. The molecule has 0 amide bonds. The Morgan fingerprint density at radius 2 is 1.82 bits per heavy atom. The zero-order valence-electron chi connectivity index (χ0n) is 17.4. The maximum atomic E-state index is 14.5. The number of hydrogen-bond acceptors (Lipinski definition) is 6. The molecule has 5 aromatic rings. The molecule has 0 aliphatic carbocycles. The minimum Gasteiger partial charge on any atom is -0.349 e. The monoisotopic (exact) mass is 444 g/mol. The predicted octanol–water partition coefficient (Wildman–Crippen LogP) is 3.99. The second-order valence-corrected chi connectivity index (χ2v) is 7.90. The number of aromatic nitrogens is 7. The first-order valence-corrected chi connectivity index (χ1v) is 10.5. The standard InChI is InChI=1S/C23H18F2N8/c24-17-3-4-19(25)18(8-17)20-2-1-6-31(20)22-5-7-32-23(30-22)21(12-29-32)33-13-16(11-28-33)15-9-26-14-27-10-15/h3-5,7-14,20H,1-2,6H2/t20-/m0/s1. The molecule has 1 aliphatic heterocycles. The number of nitrogens with zero attached hydrogens (tertiary/aromatic N) is 8. The van der Waals surface area contributed by atoms with E-state index in [2.05, 4.69) is 20.2 Å². The Kier molecular flexibility index (Phi) is 4.56. The average molecular weight is 444 g/mol. The lowest BCUT2D eigenvalue weighted by Crippen LogP contribution is -2.24. The Morgan fingerprint density at radius 3 is 2.70 bits per heavy atom. The first-order chi connectivity index (χ1) is 16.2. The van der Waals surface area contributed by atoms with Crippen molar-refractivity contribution in [2.45, 2.75) is 18.9 Å². The van der Waals surface area contributed by atoms with Crippen molar-refractivity contribution in [2.24, 2.45) is 0 Å². The number of benzene rings is 1. The molecule has 6 rings (SSSR count). The Bertz CT molecular complexity index is 1450. The lowest BCUT2D eigenvalue weighted by atomic mass is 10.0. The Balaban J connectivity index is 1.38. The first kappa shape index (κ1) is 19.5. The van der Waals surface area contributed by atoms with E-state index >= 15 is 0 Å². The zero-order chi connectivity index (χ0) is 22.4. The normalized spacial score (nSPS) is 16.1. The van der Waals surface area contributed by atoms with Gasteiger partial charge < -0.3 is 4.90 Å². The van der Waals surface area contributed by atoms with Gasteiger partial charge in [0.05, 0.1) is 18.4 Å². The topological polar surface area (TPSA) is 77.0 Å². The van der Waals surface area contributed by atoms with Crippen LogP contribution in [-0.4, -0.2) is 40.9 Å². The summed E-state index contributed by atoms with van der Waals surface area (Å²) in [5.41, 5.74) is 3.38. The Labute approximate surface area is 187 Å². The molecular weight excluding hydrogens is 426 g/mol. The number of rotatable bonds is 4. The summed E-state index contributed by atoms with van der Waals surface area (Å²) in [5.74, 6) is -0.175. The summed E-state index contributed by atoms with van der Waals surface area (Å²) in [7, 11) is 0. The second kappa shape index (κ2) is 7.73. The molecule has 164 valence electrons. The quantitative estimate of drug-likeness (QED) is 0.417. The van der Waals surface area contributed by atoms with Crippen molar-refractivity contribution in [2.75, 3.05) is 11.4 Å². The summed E-state index contributed by atoms with van der Waals surface area (Å²) < 4.78 is 31.7. The molecule has 0 unspecified atom stereocenters. The van der Waals surface area contributed by atoms with E-state index in [1.165, 1.54) is 18.5 Å². The molecule has 0 saturated carbocycles. The summed E-state index contributed by atoms with van der Waals surface area (Å²) in [6, 6.07) is 5.16. The summed E-state index contributed by atoms with van der Waals surface area (Å²) in [4.78, 5) is 14.9. The van der Waals surface area contributed by atoms with Crippen LogP contribution < -0.4 is 4.90 Å². The van der Waals surface area contributed by atoms with Crippen LogP contribution in [0.1, 0.15) is 24.4 Å². The number of fused-ring (bicyclic) bond motifs is 1. The second-order valence-electron chi connectivity index (χ2n) is 7.90. The average Bonchev–Trinajstić information content (AvgIpc) is 3.60. The van der Waals surface area contributed by atoms with Crippen molar-refractivity contribution in [3.05, 3.63) is 85.0 Å². The summed E-state index contributed by atoms with van der Waals surface area (Å²) in [5, 5.41) is 8.85. The largest absolute Gasteiger partial charge is 0.349 e. The highest BCUT2D eigenvalue weighted by atomic mass is 19.1. The van der Waals surface area contributed by atoms with Crippen molar-refractivity contribution in [1.29, 1.82) is 0 Å². The van der Waals surface area contributed by atoms with Gasteiger partial charge in [0.2, 0.25) is 0 Å². The van der Waals surface area contributed by atoms with E-state index in [4.69, 9.17) is 4.98 Å². The van der Waals surface area contributed by atoms with E-state index in [0.29, 0.717) is 29.3 Å². The third-order valence-electron chi connectivity index (χ3n) is 5.92. The van der Waals surface area contributed by atoms with E-state index in [1.807, 2.05) is 23.4 Å². The van der Waals surface area contributed by atoms with Gasteiger partial charge in [0.1, 0.15) is 29.5 Å². The highest BCUT2D eigenvalue weighted by molar-refractivity contribution is 5.64. The highest BCUT2D eigenvalue weighted by Crippen LogP contribution is 2.37. The fraction of sp³-hybridized carbons (Fsp3) is 0.174. The Hall–Kier alpha value is -4.21. The van der Waals surface area contributed by atoms with Crippen molar-refractivity contribution < 1.29 is 8.78 Å². The van der Waals surface area contributed by atoms with E-state index < -0.39 is 11.6 Å². The van der Waals surface area contributed by atoms with Crippen LogP contribution in [0.15, 0.2) is 67.8 Å². The number of hydrogen-bond donors (Lipinski definition) is 0. The van der Waals surface area contributed by atoms with Crippen LogP contribution >= 0.6 is 0 Å². The van der Waals surface area contributed by atoms with E-state index in [9.17, 15) is 8.78 Å². The van der Waals surface area contributed by atoms with Crippen LogP contribution in [0.25, 0.3) is 22.5 Å². The van der Waals surface area contributed by atoms with Crippen molar-refractivity contribution in [3.63, 3.8) is 0 Å². The van der Waals surface area contributed by atoms with Gasteiger partial charge in [-0.05, 0) is 37.1 Å². The molecule has 1 saturated heterocycles. The van der Waals surface area contributed by atoms with Crippen molar-refractivity contribution in [3.8, 4) is 16.8 Å². The minimum absolute atomic E-state index is 0.281. The molecule has 1 fully saturated rings. The SMILES string of the molecule is Fc1ccc(F)c([C@@H]2CCCN2c2ccn3ncc(-n4cc(-c5cncnc5)cn4)c3n2)c1. The van der Waals surface area contributed by atoms with Crippen LogP contribution in [0.4, 0.5) is 14.6 Å². The van der Waals surface area contributed by atoms with Gasteiger partial charge in [-0.15, -0.1) is 0 Å². The van der Waals surface area contributed by atoms with Gasteiger partial charge in [-0.25, -0.2) is 32.9 Å². The third-order valence-corrected chi connectivity index (χ3v) is 5.92. The van der Waals surface area contributed by atoms with E-state index in [0.717, 1.165) is 30.0 Å². The molecule has 0 radical (unpaired) electrons. The molecule has 5 heterocycles. The van der Waals surface area contributed by atoms with Gasteiger partial charge in [0.15, 0.2) is 5.65 Å². The highest BCUT2D eigenvalue weighted by Gasteiger charge is 2.30. The molecule has 0 N–H and O–H groups in total. The molecule has 33 heavy (non-hydrogen) atoms. The van der Waals surface area contributed by atoms with Gasteiger partial charge in [-0.2, -0.15) is 10.2 Å². The minimum atomic E-state index is -0.446. The molecule has 10 heteroatoms. The molecule has 0 spiro atoms. The third kappa shape index (κ3) is 3.39. The maximum absolute atomic E-state index is 14.5. The predicted molar refractivity (Wildman–Crippen MR) is 117 cm³/mol. The summed E-state index contributed by atoms with van der Waals surface area (Å²) >= 11 is 0. The Morgan fingerprint density at radius 1 is 0.939 bits per heavy atom. The molecular formula is C23H18F2N8. The van der Waals surface area contributed by atoms with Crippen LogP contribution in [0.3, 0.4) is 0 Å². The van der Waals surface area contributed by atoms with Crippen molar-refractivity contribution >= 4 is 11.5 Å². The number of anilines is 1. The van der Waals surface area contributed by atoms with E-state index in [-0.39, 0.29) is 6.04 Å². The first-order valence-electron chi connectivity index (χ1n) is 10.5. The van der Waals surface area contributed by atoms with Crippen LogP contribution in [0, 0.1) is 11.6 Å². The number of halogens is 2. The van der Waals surface area contributed by atoms with Gasteiger partial charge in [-0.3, -0.25) is 0 Å². The smallest absolute Gasteiger partial charge is 0.183 e. The summed E-state index contributed by atoms with van der Waals surface area (Å²) in [6.07, 6.45) is 13.6. The van der Waals surface area contributed by atoms with Gasteiger partial charge in [0, 0.05) is 48.0 Å². The molecule has 8 nitrogen and oxygen atoms in total. The van der Waals surface area contributed by atoms with Crippen LogP contribution in [0.2, 0.25) is 0 Å². The van der Waals surface area contributed by atoms with Crippen LogP contribution in [0.5, 0.6) is 0 Å². The molecule has 0 bridgehead atoms. The van der Waals surface area contributed by atoms with Crippen molar-refractivity contribution in [1.82, 2.24) is 34.3 Å². The fourth-order valence-electron chi connectivity index (χ4n) is 4.35. The fourth-order valence-corrected chi connectivity index (χ4v) is 4.35. The van der Waals surface area contributed by atoms with Gasteiger partial charge in [-0.1, -0.05) is 0 Å². The zero-order valence-corrected chi connectivity index (χ0v) is 17.4. The van der Waals surface area contributed by atoms with E-state index in [1.54, 1.807) is 34.0 Å². The molecule has 1 atom stereocenters. The lowest BCUT2D eigenvalue weighted by Gasteiger charge is -2.26. The maximum Gasteiger partial charge on any atom is 0.183 e. The lowest BCUT2D eigenvalue weighted by molar-refractivity contribution is 0.560. The van der Waals surface area contributed by atoms with Crippen LogP contribution in [-0.2, 0) is 0 Å². The van der Waals surface area contributed by atoms with Gasteiger partial charge >= 0.3 is 0 Å².